The summed E-state index contributed by atoms with van der Waals surface area (Å²) in [6, 6.07) is 1.88. The summed E-state index contributed by atoms with van der Waals surface area (Å²) in [6.07, 6.45) is -2.66. The lowest BCUT2D eigenvalue weighted by Crippen LogP contribution is -2.33. The van der Waals surface area contributed by atoms with Crippen molar-refractivity contribution in [2.24, 2.45) is 0 Å². The van der Waals surface area contributed by atoms with Gasteiger partial charge in [0.05, 0.1) is 29.3 Å². The molecule has 1 aliphatic heterocycles. The van der Waals surface area contributed by atoms with Gasteiger partial charge in [-0.25, -0.2) is 9.97 Å². The first-order valence-electron chi connectivity index (χ1n) is 7.06. The van der Waals surface area contributed by atoms with Gasteiger partial charge >= 0.3 is 0 Å². The minimum absolute atomic E-state index is 0.376. The number of aliphatic hydroxyl groups is 3. The van der Waals surface area contributed by atoms with Gasteiger partial charge < -0.3 is 24.8 Å². The number of thiophene rings is 1. The molecule has 8 nitrogen and oxygen atoms in total. The van der Waals surface area contributed by atoms with E-state index in [1.54, 1.807) is 4.57 Å². The summed E-state index contributed by atoms with van der Waals surface area (Å²) in [5.74, 6) is 0.438. The van der Waals surface area contributed by atoms with E-state index in [1.165, 1.54) is 24.8 Å². The Hall–Kier alpha value is -1.78. The van der Waals surface area contributed by atoms with Gasteiger partial charge in [-0.15, -0.1) is 11.3 Å². The van der Waals surface area contributed by atoms with Gasteiger partial charge in [-0.05, 0) is 11.4 Å². The molecule has 0 spiro atoms. The molecule has 23 heavy (non-hydrogen) atoms. The highest BCUT2D eigenvalue weighted by atomic mass is 32.1. The summed E-state index contributed by atoms with van der Waals surface area (Å²) in [5.41, 5.74) is 1.35. The van der Waals surface area contributed by atoms with Crippen LogP contribution >= 0.6 is 11.3 Å². The number of rotatable bonds is 3. The average Bonchev–Trinajstić information content (AvgIpc) is 3.22. The van der Waals surface area contributed by atoms with E-state index in [4.69, 9.17) is 9.47 Å². The Balaban J connectivity index is 1.97. The van der Waals surface area contributed by atoms with Crippen LogP contribution in [-0.2, 0) is 4.74 Å². The zero-order chi connectivity index (χ0) is 16.1. The van der Waals surface area contributed by atoms with E-state index in [1.807, 2.05) is 11.4 Å². The number of hydrogen-bond donors (Lipinski definition) is 3. The third-order valence-corrected chi connectivity index (χ3v) is 5.04. The van der Waals surface area contributed by atoms with E-state index in [2.05, 4.69) is 9.97 Å². The minimum atomic E-state index is -1.17. The lowest BCUT2D eigenvalue weighted by atomic mass is 10.1. The van der Waals surface area contributed by atoms with Crippen LogP contribution in [0.15, 0.2) is 17.8 Å². The molecule has 0 saturated carbocycles. The lowest BCUT2D eigenvalue weighted by molar-refractivity contribution is -0.0489. The molecular formula is C14H15N3O5S. The van der Waals surface area contributed by atoms with Crippen molar-refractivity contribution in [3.05, 3.63) is 17.8 Å². The van der Waals surface area contributed by atoms with Crippen LogP contribution in [0.25, 0.3) is 21.3 Å². The van der Waals surface area contributed by atoms with Gasteiger partial charge in [-0.1, -0.05) is 0 Å². The normalized spacial score (nSPS) is 28.0. The van der Waals surface area contributed by atoms with E-state index in [-0.39, 0.29) is 6.61 Å². The molecular weight excluding hydrogens is 322 g/mol. The number of aromatic nitrogens is 3. The van der Waals surface area contributed by atoms with Crippen LogP contribution in [0.5, 0.6) is 5.88 Å². The number of ether oxygens (including phenoxy) is 2. The Morgan fingerprint density at radius 2 is 2.17 bits per heavy atom. The van der Waals surface area contributed by atoms with Crippen LogP contribution in [0.3, 0.4) is 0 Å². The van der Waals surface area contributed by atoms with Crippen molar-refractivity contribution < 1.29 is 24.8 Å². The maximum atomic E-state index is 10.3. The van der Waals surface area contributed by atoms with Crippen molar-refractivity contribution in [2.45, 2.75) is 24.5 Å². The molecule has 3 N–H and O–H groups in total. The fourth-order valence-electron chi connectivity index (χ4n) is 3.04. The predicted octanol–water partition coefficient (Wildman–Crippen LogP) is 0.266. The number of hydrogen-bond acceptors (Lipinski definition) is 8. The number of nitrogens with zero attached hydrogens (tertiary/aromatic N) is 3. The van der Waals surface area contributed by atoms with Gasteiger partial charge in [0.2, 0.25) is 5.88 Å². The summed E-state index contributed by atoms with van der Waals surface area (Å²) in [4.78, 5) is 8.42. The van der Waals surface area contributed by atoms with Crippen molar-refractivity contribution >= 4 is 32.6 Å². The smallest absolute Gasteiger partial charge is 0.227 e. The first-order chi connectivity index (χ1) is 11.2. The monoisotopic (exact) mass is 337 g/mol. The quantitative estimate of drug-likeness (QED) is 0.629. The summed E-state index contributed by atoms with van der Waals surface area (Å²) < 4.78 is 13.6. The molecule has 4 rings (SSSR count). The van der Waals surface area contributed by atoms with Gasteiger partial charge in [0.25, 0.3) is 0 Å². The molecule has 0 aromatic carbocycles. The molecule has 3 aromatic rings. The van der Waals surface area contributed by atoms with Crippen LogP contribution < -0.4 is 4.74 Å². The second-order valence-corrected chi connectivity index (χ2v) is 6.23. The fourth-order valence-corrected chi connectivity index (χ4v) is 3.96. The molecule has 0 aliphatic carbocycles. The standard InChI is InChI=1S/C14H15N3O5S/c1-21-13-8-11-6(2-3-23-11)17(12(8)15-5-16-13)14-10(20)9(19)7(4-18)22-14/h2-3,5,7,9-10,14,18-20H,4H2,1H3/t7-,9-,10-,14-/m1/s1. The van der Waals surface area contributed by atoms with E-state index in [0.29, 0.717) is 11.5 Å². The van der Waals surface area contributed by atoms with Crippen molar-refractivity contribution in [2.75, 3.05) is 13.7 Å². The highest BCUT2D eigenvalue weighted by molar-refractivity contribution is 7.18. The van der Waals surface area contributed by atoms with Crippen LogP contribution in [0.1, 0.15) is 6.23 Å². The predicted molar refractivity (Wildman–Crippen MR) is 82.5 cm³/mol. The largest absolute Gasteiger partial charge is 0.480 e. The second kappa shape index (κ2) is 5.39. The molecule has 0 amide bonds. The molecule has 9 heteroatoms. The minimum Gasteiger partial charge on any atom is -0.480 e. The molecule has 1 fully saturated rings. The van der Waals surface area contributed by atoms with E-state index in [0.717, 1.165) is 15.6 Å². The third-order valence-electron chi connectivity index (χ3n) is 4.12. The average molecular weight is 337 g/mol. The van der Waals surface area contributed by atoms with Crippen LogP contribution in [0, 0.1) is 0 Å². The van der Waals surface area contributed by atoms with Crippen molar-refractivity contribution in [1.82, 2.24) is 14.5 Å². The molecule has 1 aliphatic rings. The highest BCUT2D eigenvalue weighted by Gasteiger charge is 2.44. The third kappa shape index (κ3) is 1.98. The van der Waals surface area contributed by atoms with Crippen molar-refractivity contribution in [3.8, 4) is 5.88 Å². The topological polar surface area (TPSA) is 110 Å². The number of fused-ring (bicyclic) bond motifs is 3. The van der Waals surface area contributed by atoms with Gasteiger partial charge in [-0.3, -0.25) is 4.57 Å². The summed E-state index contributed by atoms with van der Waals surface area (Å²) >= 11 is 1.50. The first kappa shape index (κ1) is 14.8. The lowest BCUT2D eigenvalue weighted by Gasteiger charge is -2.18. The van der Waals surface area contributed by atoms with Crippen LogP contribution in [-0.4, -0.2) is 61.9 Å². The van der Waals surface area contributed by atoms with Crippen molar-refractivity contribution in [1.29, 1.82) is 0 Å². The summed E-state index contributed by atoms with van der Waals surface area (Å²) in [6.45, 7) is -0.376. The zero-order valence-corrected chi connectivity index (χ0v) is 13.0. The Labute approximate surface area is 134 Å². The Bertz CT molecular complexity index is 863. The molecule has 4 atom stereocenters. The molecule has 0 bridgehead atoms. The fraction of sp³-hybridized carbons (Fsp3) is 0.429. The Morgan fingerprint density at radius 1 is 1.35 bits per heavy atom. The maximum absolute atomic E-state index is 10.3. The van der Waals surface area contributed by atoms with Gasteiger partial charge in [0.1, 0.15) is 24.6 Å². The van der Waals surface area contributed by atoms with E-state index >= 15 is 0 Å². The summed E-state index contributed by atoms with van der Waals surface area (Å²) in [5, 5.41) is 32.3. The van der Waals surface area contributed by atoms with Crippen LogP contribution in [0.2, 0.25) is 0 Å². The molecule has 122 valence electrons. The number of methoxy groups -OCH3 is 1. The Morgan fingerprint density at radius 3 is 2.87 bits per heavy atom. The van der Waals surface area contributed by atoms with Crippen LogP contribution in [0.4, 0.5) is 0 Å². The van der Waals surface area contributed by atoms with Crippen molar-refractivity contribution in [3.63, 3.8) is 0 Å². The number of aliphatic hydroxyl groups excluding tert-OH is 3. The first-order valence-corrected chi connectivity index (χ1v) is 7.94. The molecule has 0 unspecified atom stereocenters. The Kier molecular flexibility index (Phi) is 3.47. The van der Waals surface area contributed by atoms with Gasteiger partial charge in [-0.2, -0.15) is 0 Å². The summed E-state index contributed by atoms with van der Waals surface area (Å²) in [7, 11) is 1.53. The molecule has 0 radical (unpaired) electrons. The van der Waals surface area contributed by atoms with E-state index < -0.39 is 24.5 Å². The van der Waals surface area contributed by atoms with E-state index in [9.17, 15) is 15.3 Å². The van der Waals surface area contributed by atoms with Gasteiger partial charge in [0.15, 0.2) is 11.9 Å². The van der Waals surface area contributed by atoms with Gasteiger partial charge in [0, 0.05) is 0 Å². The zero-order valence-electron chi connectivity index (χ0n) is 12.2. The SMILES string of the molecule is COc1ncnc2c1c1sccc1n2[C@@H]1O[C@H](CO)[C@@H](O)[C@H]1O. The molecule has 3 aromatic heterocycles. The second-order valence-electron chi connectivity index (χ2n) is 5.32. The highest BCUT2D eigenvalue weighted by Crippen LogP contribution is 2.41. The maximum Gasteiger partial charge on any atom is 0.227 e. The molecule has 4 heterocycles. The molecule has 1 saturated heterocycles.